The number of esters is 1. The molecule has 5 rings (SSSR count). The number of hydrogen-bond acceptors (Lipinski definition) is 5. The van der Waals surface area contributed by atoms with Gasteiger partial charge < -0.3 is 19.4 Å². The van der Waals surface area contributed by atoms with Gasteiger partial charge in [0, 0.05) is 17.4 Å². The van der Waals surface area contributed by atoms with Crippen molar-refractivity contribution in [3.63, 3.8) is 0 Å². The zero-order valence-corrected chi connectivity index (χ0v) is 19.9. The normalized spacial score (nSPS) is 17.3. The number of aryl methyl sites for hydroxylation is 1. The first-order chi connectivity index (χ1) is 17.0. The predicted octanol–water partition coefficient (Wildman–Crippen LogP) is 5.75. The molecule has 6 nitrogen and oxygen atoms in total. The molecule has 0 aliphatic carbocycles. The number of hydrogen-bond donors (Lipinski definition) is 1. The summed E-state index contributed by atoms with van der Waals surface area (Å²) in [5.41, 5.74) is 3.36. The molecule has 1 saturated heterocycles. The van der Waals surface area contributed by atoms with Gasteiger partial charge in [0.25, 0.3) is 0 Å². The van der Waals surface area contributed by atoms with E-state index in [0.717, 1.165) is 16.9 Å². The van der Waals surface area contributed by atoms with Crippen LogP contribution in [0.25, 0.3) is 11.3 Å². The van der Waals surface area contributed by atoms with Crippen molar-refractivity contribution in [3.8, 4) is 11.3 Å². The third-order valence-corrected chi connectivity index (χ3v) is 6.34. The van der Waals surface area contributed by atoms with E-state index in [4.69, 9.17) is 21.4 Å². The van der Waals surface area contributed by atoms with E-state index in [9.17, 15) is 9.18 Å². The molecule has 0 saturated carbocycles. The molecule has 2 aromatic heterocycles. The summed E-state index contributed by atoms with van der Waals surface area (Å²) in [5, 5.41) is 3.86. The number of thiocarbonyl (C=S) groups is 1. The monoisotopic (exact) mass is 487 g/mol. The Morgan fingerprint density at radius 3 is 2.60 bits per heavy atom. The summed E-state index contributed by atoms with van der Waals surface area (Å²) in [6, 6.07) is 20.8. The lowest BCUT2D eigenvalue weighted by Crippen LogP contribution is -2.29. The van der Waals surface area contributed by atoms with Crippen molar-refractivity contribution in [2.75, 3.05) is 12.0 Å². The number of methoxy groups -OCH3 is 1. The van der Waals surface area contributed by atoms with Crippen LogP contribution >= 0.6 is 12.2 Å². The number of ether oxygens (including phenoxy) is 1. The SMILES string of the molecule is COC(=O)c1ccc(-c2ccc([C@@H]3[C@@H](c4ccccn4)NC(=S)N3c3ccc(F)c(C)c3)o2)cc1. The number of benzene rings is 2. The number of nitrogens with one attached hydrogen (secondary N) is 1. The van der Waals surface area contributed by atoms with E-state index in [1.165, 1.54) is 13.2 Å². The van der Waals surface area contributed by atoms with Gasteiger partial charge in [-0.1, -0.05) is 18.2 Å². The summed E-state index contributed by atoms with van der Waals surface area (Å²) in [6.45, 7) is 1.72. The van der Waals surface area contributed by atoms with Gasteiger partial charge in [0.05, 0.1) is 24.4 Å². The highest BCUT2D eigenvalue weighted by Gasteiger charge is 2.42. The summed E-state index contributed by atoms with van der Waals surface area (Å²) < 4.78 is 25.1. The molecule has 35 heavy (non-hydrogen) atoms. The Morgan fingerprint density at radius 2 is 1.91 bits per heavy atom. The fourth-order valence-electron chi connectivity index (χ4n) is 4.26. The molecule has 2 aromatic carbocycles. The van der Waals surface area contributed by atoms with Crippen LogP contribution in [0.3, 0.4) is 0 Å². The molecule has 3 heterocycles. The van der Waals surface area contributed by atoms with Crippen LogP contribution in [0.2, 0.25) is 0 Å². The van der Waals surface area contributed by atoms with Crippen molar-refractivity contribution < 1.29 is 18.3 Å². The molecule has 8 heteroatoms. The van der Waals surface area contributed by atoms with Crippen LogP contribution in [0.1, 0.15) is 39.5 Å². The first-order valence-corrected chi connectivity index (χ1v) is 11.4. The number of aromatic nitrogens is 1. The van der Waals surface area contributed by atoms with Gasteiger partial charge in [0.15, 0.2) is 5.11 Å². The van der Waals surface area contributed by atoms with Crippen LogP contribution in [0.4, 0.5) is 10.1 Å². The second-order valence-electron chi connectivity index (χ2n) is 8.20. The van der Waals surface area contributed by atoms with Gasteiger partial charge >= 0.3 is 5.97 Å². The van der Waals surface area contributed by atoms with Gasteiger partial charge in [-0.3, -0.25) is 4.98 Å². The number of rotatable bonds is 5. The molecule has 1 fully saturated rings. The topological polar surface area (TPSA) is 67.6 Å². The highest BCUT2D eigenvalue weighted by molar-refractivity contribution is 7.80. The molecule has 2 atom stereocenters. The minimum Gasteiger partial charge on any atom is -0.465 e. The molecule has 0 amide bonds. The van der Waals surface area contributed by atoms with Crippen LogP contribution in [0, 0.1) is 12.7 Å². The average Bonchev–Trinajstić information content (AvgIpc) is 3.50. The van der Waals surface area contributed by atoms with Crippen LogP contribution in [0.15, 0.2) is 83.4 Å². The maximum absolute atomic E-state index is 14.0. The minimum atomic E-state index is -0.398. The Labute approximate surface area is 207 Å². The average molecular weight is 488 g/mol. The molecule has 1 aliphatic rings. The second-order valence-corrected chi connectivity index (χ2v) is 8.59. The molecule has 1 N–H and O–H groups in total. The van der Waals surface area contributed by atoms with Crippen LogP contribution < -0.4 is 10.2 Å². The predicted molar refractivity (Wildman–Crippen MR) is 135 cm³/mol. The van der Waals surface area contributed by atoms with Gasteiger partial charge in [-0.05, 0) is 79.3 Å². The lowest BCUT2D eigenvalue weighted by molar-refractivity contribution is 0.0600. The van der Waals surface area contributed by atoms with Crippen LogP contribution in [-0.2, 0) is 4.74 Å². The largest absolute Gasteiger partial charge is 0.465 e. The number of nitrogens with zero attached hydrogens (tertiary/aromatic N) is 2. The summed E-state index contributed by atoms with van der Waals surface area (Å²) in [6.07, 6.45) is 1.73. The van der Waals surface area contributed by atoms with Gasteiger partial charge in [0.1, 0.15) is 23.4 Å². The fourth-order valence-corrected chi connectivity index (χ4v) is 4.60. The molecular weight excluding hydrogens is 465 g/mol. The van der Waals surface area contributed by atoms with Crippen molar-refractivity contribution in [2.24, 2.45) is 0 Å². The van der Waals surface area contributed by atoms with E-state index in [0.29, 0.717) is 27.8 Å². The second kappa shape index (κ2) is 9.31. The van der Waals surface area contributed by atoms with Crippen molar-refractivity contribution in [1.82, 2.24) is 10.3 Å². The highest BCUT2D eigenvalue weighted by atomic mass is 32.1. The van der Waals surface area contributed by atoms with E-state index in [-0.39, 0.29) is 17.9 Å². The number of furan rings is 1. The number of carbonyl (C=O) groups excluding carboxylic acids is 1. The summed E-state index contributed by atoms with van der Waals surface area (Å²) in [5.74, 6) is 0.636. The smallest absolute Gasteiger partial charge is 0.337 e. The zero-order chi connectivity index (χ0) is 24.5. The fraction of sp³-hybridized carbons (Fsp3) is 0.148. The minimum absolute atomic E-state index is 0.277. The lowest BCUT2D eigenvalue weighted by atomic mass is 10.0. The lowest BCUT2D eigenvalue weighted by Gasteiger charge is -2.26. The Kier molecular flexibility index (Phi) is 6.05. The Morgan fingerprint density at radius 1 is 1.11 bits per heavy atom. The number of carbonyl (C=O) groups is 1. The molecule has 0 radical (unpaired) electrons. The van der Waals surface area contributed by atoms with E-state index in [2.05, 4.69) is 10.3 Å². The molecule has 4 aromatic rings. The van der Waals surface area contributed by atoms with E-state index < -0.39 is 5.97 Å². The molecule has 0 unspecified atom stereocenters. The first kappa shape index (κ1) is 22.7. The molecule has 0 bridgehead atoms. The van der Waals surface area contributed by atoms with Crippen LogP contribution in [-0.4, -0.2) is 23.2 Å². The standard InChI is InChI=1S/C27H22FN3O3S/c1-16-15-19(10-11-20(16)28)31-25(24(30-27(31)35)21-5-3-4-14-29-21)23-13-12-22(34-23)17-6-8-18(9-7-17)26(32)33-2/h3-15,24-25H,1-2H3,(H,30,35)/t24-,25-/m1/s1. The van der Waals surface area contributed by atoms with E-state index in [1.807, 2.05) is 47.4 Å². The highest BCUT2D eigenvalue weighted by Crippen LogP contribution is 2.43. The molecule has 1 aliphatic heterocycles. The maximum atomic E-state index is 14.0. The quantitative estimate of drug-likeness (QED) is 0.284. The summed E-state index contributed by atoms with van der Waals surface area (Å²) in [4.78, 5) is 18.2. The van der Waals surface area contributed by atoms with Crippen molar-refractivity contribution >= 4 is 29.0 Å². The molecular formula is C27H22FN3O3S. The Hall–Kier alpha value is -4.04. The zero-order valence-electron chi connectivity index (χ0n) is 19.1. The van der Waals surface area contributed by atoms with Crippen LogP contribution in [0.5, 0.6) is 0 Å². The third-order valence-electron chi connectivity index (χ3n) is 6.03. The Bertz CT molecular complexity index is 1390. The van der Waals surface area contributed by atoms with Crippen molar-refractivity contribution in [1.29, 1.82) is 0 Å². The number of pyridine rings is 1. The number of halogens is 1. The maximum Gasteiger partial charge on any atom is 0.337 e. The third kappa shape index (κ3) is 4.28. The summed E-state index contributed by atoms with van der Waals surface area (Å²) >= 11 is 5.71. The van der Waals surface area contributed by atoms with Gasteiger partial charge in [-0.25, -0.2) is 9.18 Å². The van der Waals surface area contributed by atoms with Gasteiger partial charge in [-0.2, -0.15) is 0 Å². The number of anilines is 1. The summed E-state index contributed by atoms with van der Waals surface area (Å²) in [7, 11) is 1.35. The van der Waals surface area contributed by atoms with Gasteiger partial charge in [0.2, 0.25) is 0 Å². The molecule has 176 valence electrons. The first-order valence-electron chi connectivity index (χ1n) is 11.0. The van der Waals surface area contributed by atoms with Gasteiger partial charge in [-0.15, -0.1) is 0 Å². The van der Waals surface area contributed by atoms with Crippen molar-refractivity contribution in [3.05, 3.63) is 107 Å². The van der Waals surface area contributed by atoms with Crippen molar-refractivity contribution in [2.45, 2.75) is 19.0 Å². The van der Waals surface area contributed by atoms with E-state index in [1.54, 1.807) is 37.4 Å². The Balaban J connectivity index is 1.55. The van der Waals surface area contributed by atoms with E-state index >= 15 is 0 Å². The molecule has 0 spiro atoms.